The summed E-state index contributed by atoms with van der Waals surface area (Å²) in [7, 11) is 0. The van der Waals surface area contributed by atoms with Gasteiger partial charge in [-0.3, -0.25) is 4.98 Å². The third kappa shape index (κ3) is 4.29. The second kappa shape index (κ2) is 7.01. The van der Waals surface area contributed by atoms with Gasteiger partial charge in [-0.1, -0.05) is 19.9 Å². The molecule has 0 bridgehead atoms. The second-order valence-corrected chi connectivity index (χ2v) is 5.83. The summed E-state index contributed by atoms with van der Waals surface area (Å²) in [6, 6.07) is 6.86. The van der Waals surface area contributed by atoms with Crippen molar-refractivity contribution in [2.75, 3.05) is 13.2 Å². The van der Waals surface area contributed by atoms with E-state index in [1.807, 2.05) is 0 Å². The van der Waals surface area contributed by atoms with Gasteiger partial charge in [-0.2, -0.15) is 0 Å². The van der Waals surface area contributed by atoms with Crippen molar-refractivity contribution >= 4 is 0 Å². The Morgan fingerprint density at radius 1 is 1.26 bits per heavy atom. The van der Waals surface area contributed by atoms with Gasteiger partial charge in [-0.15, -0.1) is 0 Å². The Morgan fingerprint density at radius 2 is 2.00 bits per heavy atom. The molecule has 3 heteroatoms. The lowest BCUT2D eigenvalue weighted by molar-refractivity contribution is 0.0557. The van der Waals surface area contributed by atoms with Gasteiger partial charge in [0.2, 0.25) is 0 Å². The SMILES string of the molecule is CC(C)c1cccc(CN[C@H](C)C2CCOCC2)n1. The second-order valence-electron chi connectivity index (χ2n) is 5.83. The van der Waals surface area contributed by atoms with Crippen molar-refractivity contribution in [3.05, 3.63) is 29.6 Å². The number of hydrogen-bond acceptors (Lipinski definition) is 3. The van der Waals surface area contributed by atoms with Gasteiger partial charge >= 0.3 is 0 Å². The van der Waals surface area contributed by atoms with Gasteiger partial charge in [0.25, 0.3) is 0 Å². The lowest BCUT2D eigenvalue weighted by atomic mass is 9.93. The van der Waals surface area contributed by atoms with Crippen LogP contribution in [0.5, 0.6) is 0 Å². The molecule has 0 amide bonds. The summed E-state index contributed by atoms with van der Waals surface area (Å²) in [5.41, 5.74) is 2.32. The number of hydrogen-bond donors (Lipinski definition) is 1. The zero-order valence-electron chi connectivity index (χ0n) is 12.4. The van der Waals surface area contributed by atoms with Gasteiger partial charge in [0.15, 0.2) is 0 Å². The maximum absolute atomic E-state index is 5.41. The van der Waals surface area contributed by atoms with Crippen molar-refractivity contribution in [2.45, 2.75) is 52.1 Å². The Kier molecular flexibility index (Phi) is 5.34. The van der Waals surface area contributed by atoms with Crippen LogP contribution in [0.3, 0.4) is 0 Å². The summed E-state index contributed by atoms with van der Waals surface area (Å²) in [4.78, 5) is 4.70. The Morgan fingerprint density at radius 3 is 2.68 bits per heavy atom. The number of aromatic nitrogens is 1. The highest BCUT2D eigenvalue weighted by Crippen LogP contribution is 2.19. The van der Waals surface area contributed by atoms with Gasteiger partial charge in [0, 0.05) is 31.5 Å². The summed E-state index contributed by atoms with van der Waals surface area (Å²) < 4.78 is 5.41. The number of nitrogens with one attached hydrogen (secondary N) is 1. The van der Waals surface area contributed by atoms with Gasteiger partial charge in [0.1, 0.15) is 0 Å². The first kappa shape index (κ1) is 14.5. The van der Waals surface area contributed by atoms with Gasteiger partial charge in [-0.05, 0) is 43.7 Å². The number of rotatable bonds is 5. The fourth-order valence-corrected chi connectivity index (χ4v) is 2.57. The molecule has 0 radical (unpaired) electrons. The van der Waals surface area contributed by atoms with E-state index >= 15 is 0 Å². The highest BCUT2D eigenvalue weighted by molar-refractivity contribution is 5.13. The van der Waals surface area contributed by atoms with Crippen molar-refractivity contribution in [3.8, 4) is 0 Å². The molecular weight excluding hydrogens is 236 g/mol. The first-order valence-electron chi connectivity index (χ1n) is 7.43. The monoisotopic (exact) mass is 262 g/mol. The number of pyridine rings is 1. The Bertz CT molecular complexity index is 386. The van der Waals surface area contributed by atoms with E-state index in [0.717, 1.165) is 31.4 Å². The molecule has 2 rings (SSSR count). The van der Waals surface area contributed by atoms with E-state index < -0.39 is 0 Å². The van der Waals surface area contributed by atoms with Crippen molar-refractivity contribution in [1.82, 2.24) is 10.3 Å². The van der Waals surface area contributed by atoms with E-state index in [1.165, 1.54) is 18.5 Å². The van der Waals surface area contributed by atoms with E-state index in [0.29, 0.717) is 12.0 Å². The largest absolute Gasteiger partial charge is 0.381 e. The summed E-state index contributed by atoms with van der Waals surface area (Å²) in [5, 5.41) is 3.62. The van der Waals surface area contributed by atoms with E-state index in [1.54, 1.807) is 0 Å². The standard InChI is InChI=1S/C16H26N2O/c1-12(2)16-6-4-5-15(18-16)11-17-13(3)14-7-9-19-10-8-14/h4-6,12-14,17H,7-11H2,1-3H3/t13-/m1/s1. The number of nitrogens with zero attached hydrogens (tertiary/aromatic N) is 1. The predicted octanol–water partition coefficient (Wildman–Crippen LogP) is 3.11. The maximum atomic E-state index is 5.41. The van der Waals surface area contributed by atoms with Crippen LogP contribution in [0.2, 0.25) is 0 Å². The van der Waals surface area contributed by atoms with Crippen LogP contribution in [0.1, 0.15) is 50.9 Å². The number of ether oxygens (including phenoxy) is 1. The average Bonchev–Trinajstić information content (AvgIpc) is 2.46. The molecule has 0 unspecified atom stereocenters. The zero-order chi connectivity index (χ0) is 13.7. The van der Waals surface area contributed by atoms with E-state index in [9.17, 15) is 0 Å². The molecule has 1 aliphatic rings. The molecular formula is C16H26N2O. The van der Waals surface area contributed by atoms with Crippen LogP contribution < -0.4 is 5.32 Å². The van der Waals surface area contributed by atoms with E-state index in [4.69, 9.17) is 9.72 Å². The minimum Gasteiger partial charge on any atom is -0.381 e. The normalized spacial score (nSPS) is 18.7. The summed E-state index contributed by atoms with van der Waals surface area (Å²) in [5.74, 6) is 1.23. The Hall–Kier alpha value is -0.930. The summed E-state index contributed by atoms with van der Waals surface area (Å²) >= 11 is 0. The average molecular weight is 262 g/mol. The molecule has 106 valence electrons. The van der Waals surface area contributed by atoms with Crippen LogP contribution in [-0.2, 0) is 11.3 Å². The zero-order valence-corrected chi connectivity index (χ0v) is 12.4. The lowest BCUT2D eigenvalue weighted by Crippen LogP contribution is -2.36. The fraction of sp³-hybridized carbons (Fsp3) is 0.688. The smallest absolute Gasteiger partial charge is 0.0545 e. The topological polar surface area (TPSA) is 34.1 Å². The molecule has 1 atom stereocenters. The fourth-order valence-electron chi connectivity index (χ4n) is 2.57. The predicted molar refractivity (Wildman–Crippen MR) is 78.2 cm³/mol. The molecule has 1 aromatic heterocycles. The molecule has 3 nitrogen and oxygen atoms in total. The van der Waals surface area contributed by atoms with E-state index in [2.05, 4.69) is 44.3 Å². The molecule has 0 saturated carbocycles. The van der Waals surface area contributed by atoms with Crippen LogP contribution in [0.4, 0.5) is 0 Å². The molecule has 2 heterocycles. The minimum atomic E-state index is 0.493. The Balaban J connectivity index is 1.85. The van der Waals surface area contributed by atoms with Gasteiger partial charge in [0.05, 0.1) is 5.69 Å². The summed E-state index contributed by atoms with van der Waals surface area (Å²) in [6.45, 7) is 9.34. The maximum Gasteiger partial charge on any atom is 0.0545 e. The molecule has 1 aliphatic heterocycles. The van der Waals surface area contributed by atoms with Crippen LogP contribution >= 0.6 is 0 Å². The van der Waals surface area contributed by atoms with E-state index in [-0.39, 0.29) is 0 Å². The third-order valence-corrected chi connectivity index (χ3v) is 4.00. The van der Waals surface area contributed by atoms with Crippen LogP contribution in [-0.4, -0.2) is 24.2 Å². The molecule has 1 N–H and O–H groups in total. The quantitative estimate of drug-likeness (QED) is 0.885. The first-order valence-corrected chi connectivity index (χ1v) is 7.43. The Labute approximate surface area is 116 Å². The van der Waals surface area contributed by atoms with Crippen molar-refractivity contribution in [2.24, 2.45) is 5.92 Å². The molecule has 1 saturated heterocycles. The molecule has 1 fully saturated rings. The van der Waals surface area contributed by atoms with Gasteiger partial charge in [-0.25, -0.2) is 0 Å². The first-order chi connectivity index (χ1) is 9.16. The highest BCUT2D eigenvalue weighted by atomic mass is 16.5. The molecule has 0 spiro atoms. The van der Waals surface area contributed by atoms with Crippen molar-refractivity contribution < 1.29 is 4.74 Å². The summed E-state index contributed by atoms with van der Waals surface area (Å²) in [6.07, 6.45) is 2.35. The van der Waals surface area contributed by atoms with Crippen LogP contribution in [0, 0.1) is 5.92 Å². The molecule has 19 heavy (non-hydrogen) atoms. The third-order valence-electron chi connectivity index (χ3n) is 4.00. The van der Waals surface area contributed by atoms with Gasteiger partial charge < -0.3 is 10.1 Å². The highest BCUT2D eigenvalue weighted by Gasteiger charge is 2.19. The van der Waals surface area contributed by atoms with Crippen molar-refractivity contribution in [3.63, 3.8) is 0 Å². The van der Waals surface area contributed by atoms with Crippen LogP contribution in [0.25, 0.3) is 0 Å². The molecule has 1 aromatic rings. The molecule has 0 aliphatic carbocycles. The molecule has 0 aromatic carbocycles. The minimum absolute atomic E-state index is 0.493. The van der Waals surface area contributed by atoms with Crippen molar-refractivity contribution in [1.29, 1.82) is 0 Å². The van der Waals surface area contributed by atoms with Crippen LogP contribution in [0.15, 0.2) is 18.2 Å². The lowest BCUT2D eigenvalue weighted by Gasteiger charge is -2.28.